The Balaban J connectivity index is 2.00. The van der Waals surface area contributed by atoms with Gasteiger partial charge >= 0.3 is 0 Å². The molecule has 1 saturated carbocycles. The number of hydrogen-bond donors (Lipinski definition) is 0. The van der Waals surface area contributed by atoms with E-state index in [2.05, 4.69) is 65.2 Å². The first-order valence-corrected chi connectivity index (χ1v) is 11.9. The summed E-state index contributed by atoms with van der Waals surface area (Å²) in [5.41, 5.74) is 0.364. The van der Waals surface area contributed by atoms with E-state index in [4.69, 9.17) is 0 Å². The fourth-order valence-corrected chi connectivity index (χ4v) is 6.07. The van der Waals surface area contributed by atoms with Gasteiger partial charge in [-0.15, -0.1) is 13.2 Å². The maximum atomic E-state index is 4.28. The van der Waals surface area contributed by atoms with Crippen molar-refractivity contribution in [3.63, 3.8) is 0 Å². The van der Waals surface area contributed by atoms with Crippen LogP contribution < -0.4 is 0 Å². The highest BCUT2D eigenvalue weighted by Gasteiger charge is 2.35. The highest BCUT2D eigenvalue weighted by atomic mass is 14.4. The molecule has 0 nitrogen and oxygen atoms in total. The lowest BCUT2D eigenvalue weighted by atomic mass is 9.66. The second-order valence-corrected chi connectivity index (χ2v) is 9.99. The van der Waals surface area contributed by atoms with Crippen LogP contribution in [0.3, 0.4) is 0 Å². The summed E-state index contributed by atoms with van der Waals surface area (Å²) >= 11 is 0. The van der Waals surface area contributed by atoms with Gasteiger partial charge in [-0.05, 0) is 92.3 Å². The van der Waals surface area contributed by atoms with Gasteiger partial charge < -0.3 is 0 Å². The number of allylic oxidation sites excluding steroid dienone is 4. The second kappa shape index (κ2) is 10.7. The molecule has 6 unspecified atom stereocenters. The molecule has 0 bridgehead atoms. The van der Waals surface area contributed by atoms with E-state index in [1.165, 1.54) is 64.2 Å². The molecule has 0 heteroatoms. The monoisotopic (exact) mass is 370 g/mol. The van der Waals surface area contributed by atoms with Gasteiger partial charge in [0.15, 0.2) is 0 Å². The van der Waals surface area contributed by atoms with Gasteiger partial charge in [-0.3, -0.25) is 0 Å². The van der Waals surface area contributed by atoms with Crippen LogP contribution in [0, 0.1) is 40.9 Å². The van der Waals surface area contributed by atoms with Gasteiger partial charge in [-0.25, -0.2) is 0 Å². The predicted molar refractivity (Wildman–Crippen MR) is 122 cm³/mol. The van der Waals surface area contributed by atoms with Crippen LogP contribution in [0.15, 0.2) is 37.5 Å². The lowest BCUT2D eigenvalue weighted by Gasteiger charge is -2.39. The van der Waals surface area contributed by atoms with Crippen molar-refractivity contribution >= 4 is 0 Å². The van der Waals surface area contributed by atoms with Crippen molar-refractivity contribution < 1.29 is 0 Å². The zero-order valence-corrected chi connectivity index (χ0v) is 18.8. The molecule has 1 fully saturated rings. The average molecular weight is 371 g/mol. The van der Waals surface area contributed by atoms with Crippen molar-refractivity contribution in [1.29, 1.82) is 0 Å². The molecule has 154 valence electrons. The summed E-state index contributed by atoms with van der Waals surface area (Å²) in [6, 6.07) is 0. The third kappa shape index (κ3) is 5.85. The minimum atomic E-state index is 0.364. The Bertz CT molecular complexity index is 486. The fourth-order valence-electron chi connectivity index (χ4n) is 6.07. The molecule has 27 heavy (non-hydrogen) atoms. The fraction of sp³-hybridized carbons (Fsp3) is 0.778. The van der Waals surface area contributed by atoms with Crippen molar-refractivity contribution in [3.8, 4) is 0 Å². The Morgan fingerprint density at radius 3 is 2.33 bits per heavy atom. The first-order chi connectivity index (χ1) is 13.0. The predicted octanol–water partition coefficient (Wildman–Crippen LogP) is 8.61. The summed E-state index contributed by atoms with van der Waals surface area (Å²) in [5, 5.41) is 0. The van der Waals surface area contributed by atoms with Gasteiger partial charge in [-0.1, -0.05) is 64.8 Å². The third-order valence-electron chi connectivity index (χ3n) is 8.34. The third-order valence-corrected chi connectivity index (χ3v) is 8.34. The first-order valence-electron chi connectivity index (χ1n) is 11.9. The summed E-state index contributed by atoms with van der Waals surface area (Å²) < 4.78 is 0. The maximum absolute atomic E-state index is 4.28. The van der Waals surface area contributed by atoms with Crippen molar-refractivity contribution in [2.45, 2.75) is 91.9 Å². The quantitative estimate of drug-likeness (QED) is 0.281. The van der Waals surface area contributed by atoms with Crippen LogP contribution in [-0.4, -0.2) is 0 Å². The van der Waals surface area contributed by atoms with E-state index < -0.39 is 0 Å². The molecule has 0 aromatic heterocycles. The highest BCUT2D eigenvalue weighted by Crippen LogP contribution is 2.45. The molecule has 0 heterocycles. The lowest BCUT2D eigenvalue weighted by Crippen LogP contribution is -2.30. The van der Waals surface area contributed by atoms with Crippen LogP contribution in [0.1, 0.15) is 91.9 Å². The molecular formula is C27H46. The van der Waals surface area contributed by atoms with Gasteiger partial charge in [0.2, 0.25) is 0 Å². The van der Waals surface area contributed by atoms with E-state index in [0.29, 0.717) is 17.3 Å². The molecule has 0 saturated heterocycles. The summed E-state index contributed by atoms with van der Waals surface area (Å²) in [4.78, 5) is 0. The van der Waals surface area contributed by atoms with Crippen LogP contribution in [0.25, 0.3) is 0 Å². The second-order valence-electron chi connectivity index (χ2n) is 9.99. The average Bonchev–Trinajstić information content (AvgIpc) is 2.94. The Morgan fingerprint density at radius 1 is 1.00 bits per heavy atom. The molecule has 2 rings (SSSR count). The maximum Gasteiger partial charge on any atom is -0.0185 e. The zero-order chi connectivity index (χ0) is 19.9. The molecule has 0 amide bonds. The minimum absolute atomic E-state index is 0.364. The van der Waals surface area contributed by atoms with Gasteiger partial charge in [0.05, 0.1) is 0 Å². The van der Waals surface area contributed by atoms with Crippen molar-refractivity contribution in [2.24, 2.45) is 40.9 Å². The Labute approximate surface area is 170 Å². The largest absolute Gasteiger partial charge is 0.103 e. The molecule has 2 aliphatic carbocycles. The van der Waals surface area contributed by atoms with Crippen LogP contribution >= 0.6 is 0 Å². The van der Waals surface area contributed by atoms with Crippen LogP contribution in [0.4, 0.5) is 0 Å². The lowest BCUT2D eigenvalue weighted by molar-refractivity contribution is 0.143. The normalized spacial score (nSPS) is 33.5. The molecule has 0 N–H and O–H groups in total. The minimum Gasteiger partial charge on any atom is -0.103 e. The van der Waals surface area contributed by atoms with Crippen LogP contribution in [-0.2, 0) is 0 Å². The van der Waals surface area contributed by atoms with E-state index in [-0.39, 0.29) is 0 Å². The van der Waals surface area contributed by atoms with E-state index >= 15 is 0 Å². The number of rotatable bonds is 9. The van der Waals surface area contributed by atoms with E-state index in [1.807, 2.05) is 0 Å². The Kier molecular flexibility index (Phi) is 8.90. The van der Waals surface area contributed by atoms with Crippen molar-refractivity contribution in [1.82, 2.24) is 0 Å². The molecule has 0 radical (unpaired) electrons. The Morgan fingerprint density at radius 2 is 1.78 bits per heavy atom. The standard InChI is InChI=1S/C27H46/c1-7-22(20-27(6,10-4)26(8-2)9-3)23-12-11-13-24(19-18-23)25-16-14-21(5)15-17-25/h7-8,14,16,21-26H,1-2,9-13,15,17-20H2,3-6H3/t21?,22?,23?,24?,25?,26-,27?/m0/s1. The van der Waals surface area contributed by atoms with Gasteiger partial charge in [0.25, 0.3) is 0 Å². The zero-order valence-electron chi connectivity index (χ0n) is 18.8. The smallest absolute Gasteiger partial charge is 0.0185 e. The highest BCUT2D eigenvalue weighted by molar-refractivity contribution is 5.01. The summed E-state index contributed by atoms with van der Waals surface area (Å²) in [6.45, 7) is 18.0. The van der Waals surface area contributed by atoms with Gasteiger partial charge in [0, 0.05) is 0 Å². The van der Waals surface area contributed by atoms with E-state index in [9.17, 15) is 0 Å². The molecule has 7 atom stereocenters. The summed E-state index contributed by atoms with van der Waals surface area (Å²) in [7, 11) is 0. The molecule has 0 aliphatic heterocycles. The van der Waals surface area contributed by atoms with Gasteiger partial charge in [-0.2, -0.15) is 0 Å². The molecular weight excluding hydrogens is 324 g/mol. The SMILES string of the molecule is C=CC(CC(C)(CC)[C@@H](C=C)CC)C1CCCC(C2C=CC(C)CC2)CC1. The van der Waals surface area contributed by atoms with E-state index in [1.54, 1.807) is 0 Å². The van der Waals surface area contributed by atoms with Crippen LogP contribution in [0.5, 0.6) is 0 Å². The van der Waals surface area contributed by atoms with Crippen LogP contribution in [0.2, 0.25) is 0 Å². The molecule has 0 aromatic rings. The number of hydrogen-bond acceptors (Lipinski definition) is 0. The summed E-state index contributed by atoms with van der Waals surface area (Å²) in [5.74, 6) is 4.72. The Hall–Kier alpha value is -0.780. The van der Waals surface area contributed by atoms with Crippen molar-refractivity contribution in [2.75, 3.05) is 0 Å². The topological polar surface area (TPSA) is 0 Å². The van der Waals surface area contributed by atoms with Crippen molar-refractivity contribution in [3.05, 3.63) is 37.5 Å². The van der Waals surface area contributed by atoms with Gasteiger partial charge in [0.1, 0.15) is 0 Å². The molecule has 0 spiro atoms. The molecule has 0 aromatic carbocycles. The molecule has 2 aliphatic rings. The summed E-state index contributed by atoms with van der Waals surface area (Å²) in [6.07, 6.45) is 23.2. The van der Waals surface area contributed by atoms with E-state index in [0.717, 1.165) is 23.7 Å². The first kappa shape index (κ1) is 22.5.